The molecule has 0 bridgehead atoms. The van der Waals surface area contributed by atoms with Gasteiger partial charge in [0, 0.05) is 16.1 Å². The molecule has 1 heterocycles. The van der Waals surface area contributed by atoms with Crippen molar-refractivity contribution in [2.75, 3.05) is 0 Å². The summed E-state index contributed by atoms with van der Waals surface area (Å²) in [7, 11) is 0. The zero-order chi connectivity index (χ0) is 20.3. The number of ether oxygens (including phenoxy) is 1. The molecule has 2 aromatic rings. The highest BCUT2D eigenvalue weighted by atomic mass is 35.5. The first-order chi connectivity index (χ1) is 13.3. The standard InChI is InChI=1S/C22H22ClN3O2/c1-22(2,3)20-18(12-24)19(25-21(27)26-20)15-5-4-6-17(11-15)28-13-14-7-9-16(23)10-8-14/h4-11,19H,13H2,1-3H3,(H2,25,26,27)/t19-/m1/s1. The highest BCUT2D eigenvalue weighted by Crippen LogP contribution is 2.35. The number of benzene rings is 2. The molecule has 5 nitrogen and oxygen atoms in total. The van der Waals surface area contributed by atoms with Gasteiger partial charge in [-0.2, -0.15) is 5.26 Å². The summed E-state index contributed by atoms with van der Waals surface area (Å²) in [6.45, 7) is 6.29. The zero-order valence-electron chi connectivity index (χ0n) is 16.0. The number of nitrogens with zero attached hydrogens (tertiary/aromatic N) is 1. The summed E-state index contributed by atoms with van der Waals surface area (Å²) in [6, 6.07) is 16.3. The molecule has 0 saturated carbocycles. The van der Waals surface area contributed by atoms with Crippen LogP contribution in [0.4, 0.5) is 4.79 Å². The summed E-state index contributed by atoms with van der Waals surface area (Å²) in [5.74, 6) is 0.662. The molecule has 2 aromatic carbocycles. The first-order valence-electron chi connectivity index (χ1n) is 8.97. The number of nitriles is 1. The summed E-state index contributed by atoms with van der Waals surface area (Å²) in [6.07, 6.45) is 0. The van der Waals surface area contributed by atoms with E-state index in [4.69, 9.17) is 16.3 Å². The van der Waals surface area contributed by atoms with Crippen molar-refractivity contribution in [3.8, 4) is 11.8 Å². The third kappa shape index (κ3) is 4.47. The molecule has 0 fully saturated rings. The molecular formula is C22H22ClN3O2. The summed E-state index contributed by atoms with van der Waals surface area (Å²) in [5.41, 5.74) is 2.57. The van der Waals surface area contributed by atoms with Crippen LogP contribution in [0.3, 0.4) is 0 Å². The van der Waals surface area contributed by atoms with Gasteiger partial charge in [0.2, 0.25) is 0 Å². The molecule has 0 saturated heterocycles. The SMILES string of the molecule is CC(C)(C)C1=C(C#N)[C@@H](c2cccc(OCc3ccc(Cl)cc3)c2)NC(=O)N1. The minimum absolute atomic E-state index is 0.318. The first kappa shape index (κ1) is 19.8. The van der Waals surface area contributed by atoms with E-state index in [1.807, 2.05) is 69.3 Å². The van der Waals surface area contributed by atoms with E-state index in [0.717, 1.165) is 11.1 Å². The third-order valence-electron chi connectivity index (χ3n) is 4.45. The molecule has 1 aliphatic heterocycles. The second-order valence-corrected chi connectivity index (χ2v) is 8.11. The Balaban J connectivity index is 1.87. The van der Waals surface area contributed by atoms with E-state index >= 15 is 0 Å². The number of carbonyl (C=O) groups is 1. The van der Waals surface area contributed by atoms with Gasteiger partial charge in [-0.25, -0.2) is 4.79 Å². The number of urea groups is 1. The van der Waals surface area contributed by atoms with E-state index in [-0.39, 0.29) is 11.4 Å². The van der Waals surface area contributed by atoms with Gasteiger partial charge in [0.25, 0.3) is 0 Å². The maximum atomic E-state index is 12.2. The number of halogens is 1. The summed E-state index contributed by atoms with van der Waals surface area (Å²) >= 11 is 5.91. The predicted octanol–water partition coefficient (Wildman–Crippen LogP) is 5.10. The van der Waals surface area contributed by atoms with Crippen molar-refractivity contribution in [1.82, 2.24) is 10.6 Å². The van der Waals surface area contributed by atoms with E-state index in [1.54, 1.807) is 0 Å². The Kier molecular flexibility index (Phi) is 5.62. The monoisotopic (exact) mass is 395 g/mol. The van der Waals surface area contributed by atoms with Gasteiger partial charge < -0.3 is 15.4 Å². The Morgan fingerprint density at radius 2 is 1.89 bits per heavy atom. The number of amides is 2. The summed E-state index contributed by atoms with van der Waals surface area (Å²) < 4.78 is 5.88. The predicted molar refractivity (Wildman–Crippen MR) is 109 cm³/mol. The quantitative estimate of drug-likeness (QED) is 0.756. The van der Waals surface area contributed by atoms with Crippen molar-refractivity contribution in [1.29, 1.82) is 5.26 Å². The zero-order valence-corrected chi connectivity index (χ0v) is 16.8. The highest BCUT2D eigenvalue weighted by molar-refractivity contribution is 6.30. The fourth-order valence-corrected chi connectivity index (χ4v) is 3.18. The smallest absolute Gasteiger partial charge is 0.319 e. The van der Waals surface area contributed by atoms with Gasteiger partial charge in [0.05, 0.1) is 17.7 Å². The molecule has 0 aromatic heterocycles. The van der Waals surface area contributed by atoms with Crippen LogP contribution in [0.2, 0.25) is 5.02 Å². The van der Waals surface area contributed by atoms with Crippen molar-refractivity contribution < 1.29 is 9.53 Å². The minimum atomic E-state index is -0.521. The van der Waals surface area contributed by atoms with E-state index < -0.39 is 6.04 Å². The second kappa shape index (κ2) is 7.95. The maximum Gasteiger partial charge on any atom is 0.319 e. The highest BCUT2D eigenvalue weighted by Gasteiger charge is 2.33. The number of nitrogens with one attached hydrogen (secondary N) is 2. The largest absolute Gasteiger partial charge is 0.489 e. The van der Waals surface area contributed by atoms with Crippen LogP contribution in [0, 0.1) is 16.7 Å². The lowest BCUT2D eigenvalue weighted by Crippen LogP contribution is -2.46. The third-order valence-corrected chi connectivity index (χ3v) is 4.70. The molecule has 2 amide bonds. The molecule has 28 heavy (non-hydrogen) atoms. The van der Waals surface area contributed by atoms with Crippen LogP contribution in [-0.2, 0) is 6.61 Å². The van der Waals surface area contributed by atoms with Crippen molar-refractivity contribution >= 4 is 17.6 Å². The Morgan fingerprint density at radius 1 is 1.18 bits per heavy atom. The van der Waals surface area contributed by atoms with Crippen molar-refractivity contribution in [2.24, 2.45) is 5.41 Å². The molecule has 2 N–H and O–H groups in total. The van der Waals surface area contributed by atoms with Gasteiger partial charge in [0.15, 0.2) is 0 Å². The first-order valence-corrected chi connectivity index (χ1v) is 9.35. The van der Waals surface area contributed by atoms with Crippen molar-refractivity contribution in [2.45, 2.75) is 33.4 Å². The Labute approximate surface area is 170 Å². The molecule has 0 unspecified atom stereocenters. The molecule has 0 spiro atoms. The van der Waals surface area contributed by atoms with E-state index in [9.17, 15) is 10.1 Å². The van der Waals surface area contributed by atoms with Crippen LogP contribution in [0.1, 0.15) is 37.9 Å². The average Bonchev–Trinajstić information content (AvgIpc) is 2.66. The number of hydrogen-bond acceptors (Lipinski definition) is 3. The lowest BCUT2D eigenvalue weighted by Gasteiger charge is -2.33. The Bertz CT molecular complexity index is 953. The lowest BCUT2D eigenvalue weighted by atomic mass is 9.84. The lowest BCUT2D eigenvalue weighted by molar-refractivity contribution is 0.235. The molecule has 0 aliphatic carbocycles. The van der Waals surface area contributed by atoms with Gasteiger partial charge in [-0.05, 0) is 35.4 Å². The Morgan fingerprint density at radius 3 is 2.54 bits per heavy atom. The minimum Gasteiger partial charge on any atom is -0.489 e. The summed E-state index contributed by atoms with van der Waals surface area (Å²) in [5, 5.41) is 16.1. The molecule has 3 rings (SSSR count). The molecule has 0 radical (unpaired) electrons. The number of rotatable bonds is 4. The van der Waals surface area contributed by atoms with Gasteiger partial charge in [-0.1, -0.05) is 56.6 Å². The van der Waals surface area contributed by atoms with E-state index in [0.29, 0.717) is 28.6 Å². The summed E-state index contributed by atoms with van der Waals surface area (Å²) in [4.78, 5) is 12.2. The van der Waals surface area contributed by atoms with Crippen LogP contribution in [0.15, 0.2) is 59.8 Å². The van der Waals surface area contributed by atoms with Crippen LogP contribution in [0.25, 0.3) is 0 Å². The second-order valence-electron chi connectivity index (χ2n) is 7.67. The van der Waals surface area contributed by atoms with Crippen LogP contribution in [-0.4, -0.2) is 6.03 Å². The number of hydrogen-bond donors (Lipinski definition) is 2. The van der Waals surface area contributed by atoms with Crippen LogP contribution in [0.5, 0.6) is 5.75 Å². The Hall–Kier alpha value is -2.97. The van der Waals surface area contributed by atoms with Crippen molar-refractivity contribution in [3.05, 3.63) is 76.0 Å². The molecule has 144 valence electrons. The molecule has 6 heteroatoms. The fraction of sp³-hybridized carbons (Fsp3) is 0.273. The maximum absolute atomic E-state index is 12.2. The van der Waals surface area contributed by atoms with Gasteiger partial charge >= 0.3 is 6.03 Å². The number of allylic oxidation sites excluding steroid dienone is 1. The van der Waals surface area contributed by atoms with Crippen LogP contribution < -0.4 is 15.4 Å². The topological polar surface area (TPSA) is 74.1 Å². The molecule has 1 atom stereocenters. The van der Waals surface area contributed by atoms with Gasteiger partial charge in [-0.3, -0.25) is 0 Å². The van der Waals surface area contributed by atoms with Crippen molar-refractivity contribution in [3.63, 3.8) is 0 Å². The van der Waals surface area contributed by atoms with Crippen LogP contribution >= 0.6 is 11.6 Å². The fourth-order valence-electron chi connectivity index (χ4n) is 3.06. The molecular weight excluding hydrogens is 374 g/mol. The number of carbonyl (C=O) groups excluding carboxylic acids is 1. The van der Waals surface area contributed by atoms with Gasteiger partial charge in [-0.15, -0.1) is 0 Å². The van der Waals surface area contributed by atoms with Gasteiger partial charge in [0.1, 0.15) is 12.4 Å². The normalized spacial score (nSPS) is 16.8. The molecule has 1 aliphatic rings. The van der Waals surface area contributed by atoms with E-state index in [2.05, 4.69) is 16.7 Å². The average molecular weight is 396 g/mol. The van der Waals surface area contributed by atoms with E-state index in [1.165, 1.54) is 0 Å².